The number of imide groups is 1. The van der Waals surface area contributed by atoms with Crippen molar-refractivity contribution in [3.8, 4) is 0 Å². The summed E-state index contributed by atoms with van der Waals surface area (Å²) < 4.78 is 5.23. The number of amides is 4. The lowest BCUT2D eigenvalue weighted by molar-refractivity contribution is -0.128. The normalized spacial score (nSPS) is 12.3. The molecule has 28 heavy (non-hydrogen) atoms. The van der Waals surface area contributed by atoms with Crippen molar-refractivity contribution in [3.63, 3.8) is 0 Å². The number of carbonyl (C=O) groups is 4. The molecule has 0 aliphatic rings. The van der Waals surface area contributed by atoms with Crippen LogP contribution in [-0.4, -0.2) is 36.0 Å². The van der Waals surface area contributed by atoms with E-state index >= 15 is 0 Å². The van der Waals surface area contributed by atoms with Gasteiger partial charge in [0.1, 0.15) is 5.00 Å². The summed E-state index contributed by atoms with van der Waals surface area (Å²) in [6.07, 6.45) is -1.18. The Bertz CT molecular complexity index is 777. The van der Waals surface area contributed by atoms with Gasteiger partial charge in [0, 0.05) is 16.3 Å². The van der Waals surface area contributed by atoms with Crippen molar-refractivity contribution in [1.29, 1.82) is 0 Å². The predicted octanol–water partition coefficient (Wildman–Crippen LogP) is 3.13. The van der Waals surface area contributed by atoms with E-state index in [-0.39, 0.29) is 17.5 Å². The zero-order valence-corrected chi connectivity index (χ0v) is 18.4. The Balaban J connectivity index is 2.93. The number of urea groups is 1. The first-order valence-corrected chi connectivity index (χ1v) is 9.79. The average molecular weight is 412 g/mol. The molecule has 1 aromatic rings. The highest BCUT2D eigenvalue weighted by Crippen LogP contribution is 2.34. The van der Waals surface area contributed by atoms with Gasteiger partial charge < -0.3 is 15.4 Å². The second-order valence-corrected chi connectivity index (χ2v) is 9.08. The molecular formula is C19H29N3O5S. The standard InChI is InChI=1S/C19H29N3O5S/c1-9(2)20-18(26)21-14(23)11(4)27-16(24)13-10(3)12(5)28-15(13)22-17(25)19(6,7)8/h9,11H,1-8H3,(H,22,25)(H2,20,21,23,26). The van der Waals surface area contributed by atoms with Crippen molar-refractivity contribution in [1.82, 2.24) is 10.6 Å². The van der Waals surface area contributed by atoms with Crippen LogP contribution in [0.3, 0.4) is 0 Å². The molecule has 156 valence electrons. The zero-order valence-electron chi connectivity index (χ0n) is 17.6. The van der Waals surface area contributed by atoms with Gasteiger partial charge in [0.2, 0.25) is 5.91 Å². The number of esters is 1. The Morgan fingerprint density at radius 2 is 1.61 bits per heavy atom. The minimum absolute atomic E-state index is 0.143. The lowest BCUT2D eigenvalue weighted by Crippen LogP contribution is -2.46. The summed E-state index contributed by atoms with van der Waals surface area (Å²) in [5.74, 6) is -1.71. The lowest BCUT2D eigenvalue weighted by atomic mass is 9.96. The second kappa shape index (κ2) is 9.18. The summed E-state index contributed by atoms with van der Waals surface area (Å²) in [7, 11) is 0. The molecule has 0 radical (unpaired) electrons. The van der Waals surface area contributed by atoms with Crippen molar-refractivity contribution in [3.05, 3.63) is 16.0 Å². The van der Waals surface area contributed by atoms with Crippen LogP contribution in [0.15, 0.2) is 0 Å². The van der Waals surface area contributed by atoms with Gasteiger partial charge in [0.25, 0.3) is 5.91 Å². The summed E-state index contributed by atoms with van der Waals surface area (Å²) in [6.45, 7) is 13.8. The lowest BCUT2D eigenvalue weighted by Gasteiger charge is -2.18. The van der Waals surface area contributed by atoms with Crippen molar-refractivity contribution >= 4 is 40.2 Å². The van der Waals surface area contributed by atoms with E-state index in [2.05, 4.69) is 16.0 Å². The molecule has 1 atom stereocenters. The Hall–Kier alpha value is -2.42. The third kappa shape index (κ3) is 6.33. The number of hydrogen-bond acceptors (Lipinski definition) is 6. The van der Waals surface area contributed by atoms with Crippen LogP contribution in [0.4, 0.5) is 9.80 Å². The van der Waals surface area contributed by atoms with Gasteiger partial charge in [-0.25, -0.2) is 9.59 Å². The molecule has 0 fully saturated rings. The minimum Gasteiger partial charge on any atom is -0.449 e. The van der Waals surface area contributed by atoms with Crippen LogP contribution >= 0.6 is 11.3 Å². The number of thiophene rings is 1. The summed E-state index contributed by atoms with van der Waals surface area (Å²) in [6, 6.07) is -0.806. The van der Waals surface area contributed by atoms with Crippen molar-refractivity contribution in [2.75, 3.05) is 5.32 Å². The van der Waals surface area contributed by atoms with Crippen molar-refractivity contribution < 1.29 is 23.9 Å². The van der Waals surface area contributed by atoms with Crippen LogP contribution in [0, 0.1) is 19.3 Å². The smallest absolute Gasteiger partial charge is 0.342 e. The number of nitrogens with one attached hydrogen (secondary N) is 3. The number of aryl methyl sites for hydroxylation is 1. The third-order valence-corrected chi connectivity index (χ3v) is 4.93. The first-order chi connectivity index (χ1) is 12.7. The monoisotopic (exact) mass is 411 g/mol. The molecule has 8 nitrogen and oxygen atoms in total. The van der Waals surface area contributed by atoms with E-state index in [0.29, 0.717) is 10.6 Å². The van der Waals surface area contributed by atoms with E-state index in [0.717, 1.165) is 4.88 Å². The number of carbonyl (C=O) groups excluding carboxylic acids is 4. The summed E-state index contributed by atoms with van der Waals surface area (Å²) in [5, 5.41) is 7.78. The van der Waals surface area contributed by atoms with Gasteiger partial charge in [-0.1, -0.05) is 20.8 Å². The molecule has 4 amide bonds. The fraction of sp³-hybridized carbons (Fsp3) is 0.579. The van der Waals surface area contributed by atoms with Crippen LogP contribution in [0.25, 0.3) is 0 Å². The minimum atomic E-state index is -1.18. The summed E-state index contributed by atoms with van der Waals surface area (Å²) in [4.78, 5) is 49.5. The number of ether oxygens (including phenoxy) is 1. The molecule has 1 heterocycles. The van der Waals surface area contributed by atoms with E-state index in [1.54, 1.807) is 41.5 Å². The first-order valence-electron chi connectivity index (χ1n) is 8.97. The molecule has 0 aromatic carbocycles. The summed E-state index contributed by atoms with van der Waals surface area (Å²) in [5.41, 5.74) is 0.250. The Labute approximate surface area is 169 Å². The topological polar surface area (TPSA) is 114 Å². The molecule has 3 N–H and O–H groups in total. The maximum absolute atomic E-state index is 12.7. The van der Waals surface area contributed by atoms with E-state index in [4.69, 9.17) is 4.74 Å². The van der Waals surface area contributed by atoms with Gasteiger partial charge in [0.15, 0.2) is 6.10 Å². The quantitative estimate of drug-likeness (QED) is 0.644. The van der Waals surface area contributed by atoms with Gasteiger partial charge in [-0.3, -0.25) is 14.9 Å². The third-order valence-electron chi connectivity index (χ3n) is 3.81. The molecule has 9 heteroatoms. The maximum Gasteiger partial charge on any atom is 0.342 e. The molecule has 0 bridgehead atoms. The molecule has 0 spiro atoms. The van der Waals surface area contributed by atoms with E-state index in [1.165, 1.54) is 18.3 Å². The second-order valence-electron chi connectivity index (χ2n) is 7.86. The Morgan fingerprint density at radius 1 is 1.04 bits per heavy atom. The molecule has 1 aromatic heterocycles. The van der Waals surface area contributed by atoms with Crippen molar-refractivity contribution in [2.24, 2.45) is 5.41 Å². The van der Waals surface area contributed by atoms with Crippen molar-refractivity contribution in [2.45, 2.75) is 67.5 Å². The molecule has 1 rings (SSSR count). The van der Waals surface area contributed by atoms with Crippen LogP contribution in [-0.2, 0) is 14.3 Å². The van der Waals surface area contributed by atoms with Gasteiger partial charge in [-0.15, -0.1) is 11.3 Å². The number of hydrogen-bond donors (Lipinski definition) is 3. The van der Waals surface area contributed by atoms with Gasteiger partial charge in [-0.05, 0) is 40.2 Å². The highest BCUT2D eigenvalue weighted by Gasteiger charge is 2.29. The molecule has 0 aliphatic carbocycles. The highest BCUT2D eigenvalue weighted by atomic mass is 32.1. The average Bonchev–Trinajstić information content (AvgIpc) is 2.79. The molecular weight excluding hydrogens is 382 g/mol. The first kappa shape index (κ1) is 23.6. The number of anilines is 1. The zero-order chi connectivity index (χ0) is 21.8. The predicted molar refractivity (Wildman–Crippen MR) is 109 cm³/mol. The molecule has 0 saturated carbocycles. The fourth-order valence-electron chi connectivity index (χ4n) is 2.04. The Kier molecular flexibility index (Phi) is 7.75. The summed E-state index contributed by atoms with van der Waals surface area (Å²) >= 11 is 1.27. The molecule has 0 aliphatic heterocycles. The largest absolute Gasteiger partial charge is 0.449 e. The van der Waals surface area contributed by atoms with Gasteiger partial charge in [-0.2, -0.15) is 0 Å². The SMILES string of the molecule is Cc1sc(NC(=O)C(C)(C)C)c(C(=O)OC(C)C(=O)NC(=O)NC(C)C)c1C. The Morgan fingerprint density at radius 3 is 2.11 bits per heavy atom. The van der Waals surface area contributed by atoms with Crippen LogP contribution in [0.5, 0.6) is 0 Å². The molecule has 1 unspecified atom stereocenters. The van der Waals surface area contributed by atoms with Gasteiger partial charge in [0.05, 0.1) is 5.56 Å². The molecule has 0 saturated heterocycles. The van der Waals surface area contributed by atoms with E-state index in [1.807, 2.05) is 6.92 Å². The van der Waals surface area contributed by atoms with Crippen LogP contribution in [0.1, 0.15) is 62.3 Å². The van der Waals surface area contributed by atoms with Gasteiger partial charge >= 0.3 is 12.0 Å². The van der Waals surface area contributed by atoms with Crippen LogP contribution < -0.4 is 16.0 Å². The maximum atomic E-state index is 12.7. The number of rotatable bonds is 5. The van der Waals surface area contributed by atoms with Crippen LogP contribution in [0.2, 0.25) is 0 Å². The fourth-order valence-corrected chi connectivity index (χ4v) is 3.08. The van der Waals surface area contributed by atoms with E-state index in [9.17, 15) is 19.2 Å². The highest BCUT2D eigenvalue weighted by molar-refractivity contribution is 7.16. The van der Waals surface area contributed by atoms with E-state index < -0.39 is 29.4 Å².